The number of fused-ring (bicyclic) bond motifs is 6. The zero-order valence-corrected chi connectivity index (χ0v) is 18.7. The van der Waals surface area contributed by atoms with Crippen LogP contribution in [0.1, 0.15) is 33.1 Å². The summed E-state index contributed by atoms with van der Waals surface area (Å²) in [5.41, 5.74) is 4.65. The fourth-order valence-electron chi connectivity index (χ4n) is 4.79. The normalized spacial score (nSPS) is 17.7. The number of hydrogen-bond donors (Lipinski definition) is 1. The van der Waals surface area contributed by atoms with E-state index >= 15 is 0 Å². The molecule has 1 saturated heterocycles. The Morgan fingerprint density at radius 3 is 2.66 bits per heavy atom. The van der Waals surface area contributed by atoms with E-state index in [0.29, 0.717) is 30.3 Å². The molecule has 1 fully saturated rings. The largest absolute Gasteiger partial charge is 0.497 e. The highest BCUT2D eigenvalue weighted by atomic mass is 32.1. The number of likely N-dealkylation sites (N-methyl/N-ethyl adjacent to an activating group) is 1. The molecule has 0 spiro atoms. The fourth-order valence-corrected chi connectivity index (χ4v) is 5.02. The molecule has 1 amide bonds. The minimum Gasteiger partial charge on any atom is -0.497 e. The first-order valence-electron chi connectivity index (χ1n) is 10.4. The lowest BCUT2D eigenvalue weighted by molar-refractivity contribution is -0.130. The van der Waals surface area contributed by atoms with E-state index in [1.807, 2.05) is 30.3 Å². The van der Waals surface area contributed by atoms with Gasteiger partial charge >= 0.3 is 0 Å². The number of aliphatic hydroxyl groups is 1. The number of Topliss-reactive ketones (excluding diaryl/α,β-unsaturated/α-hetero) is 1. The Morgan fingerprint density at radius 2 is 1.97 bits per heavy atom. The van der Waals surface area contributed by atoms with Gasteiger partial charge < -0.3 is 19.3 Å². The molecule has 0 radical (unpaired) electrons. The predicted octanol–water partition coefficient (Wildman–Crippen LogP) is 2.53. The van der Waals surface area contributed by atoms with Gasteiger partial charge in [0.2, 0.25) is 5.91 Å². The van der Waals surface area contributed by atoms with E-state index in [0.717, 1.165) is 33.5 Å². The number of methoxy groups -OCH3 is 1. The lowest BCUT2D eigenvalue weighted by atomic mass is 9.89. The van der Waals surface area contributed by atoms with Gasteiger partial charge in [-0.05, 0) is 41.5 Å². The molecule has 1 N–H and O–H groups in total. The molecule has 164 valence electrons. The third-order valence-corrected chi connectivity index (χ3v) is 6.99. The second-order valence-corrected chi connectivity index (χ2v) is 8.59. The third kappa shape index (κ3) is 3.10. The number of carbonyl (C=O) groups excluding carboxylic acids is 2. The maximum atomic E-state index is 13.1. The molecule has 1 atom stereocenters. The van der Waals surface area contributed by atoms with Gasteiger partial charge in [-0.2, -0.15) is 0 Å². The van der Waals surface area contributed by atoms with Crippen LogP contribution in [0, 0.1) is 0 Å². The van der Waals surface area contributed by atoms with Crippen molar-refractivity contribution in [1.82, 2.24) is 14.4 Å². The maximum Gasteiger partial charge on any atom is 0.237 e. The van der Waals surface area contributed by atoms with Crippen LogP contribution in [0.2, 0.25) is 0 Å². The number of carbonyl (C=O) groups is 2. The summed E-state index contributed by atoms with van der Waals surface area (Å²) in [6.07, 6.45) is 0. The number of benzene rings is 2. The lowest BCUT2D eigenvalue weighted by Gasteiger charge is -2.43. The van der Waals surface area contributed by atoms with Crippen LogP contribution in [0.5, 0.6) is 5.75 Å². The standard InChI is InChI=1S/C24H23N3O4S/c1-25-23(30)18-11-26(24(25)32)12-20-22(18)17-9-16(31-2)7-8-19(17)27(20)10-14-3-5-15(6-4-14)21(29)13-28/h3-9,18,28H,10-13H2,1-2H3. The molecule has 5 rings (SSSR count). The number of nitrogens with zero attached hydrogens (tertiary/aromatic N) is 3. The molecule has 2 aliphatic rings. The zero-order chi connectivity index (χ0) is 22.6. The van der Waals surface area contributed by atoms with Crippen molar-refractivity contribution in [1.29, 1.82) is 0 Å². The first-order valence-corrected chi connectivity index (χ1v) is 10.8. The van der Waals surface area contributed by atoms with Gasteiger partial charge in [-0.3, -0.25) is 14.5 Å². The molecule has 3 heterocycles. The van der Waals surface area contributed by atoms with Crippen LogP contribution in [0.3, 0.4) is 0 Å². The van der Waals surface area contributed by atoms with Crippen molar-refractivity contribution in [3.05, 3.63) is 64.8 Å². The van der Waals surface area contributed by atoms with Gasteiger partial charge in [0.05, 0.1) is 19.6 Å². The van der Waals surface area contributed by atoms with E-state index in [1.165, 1.54) is 0 Å². The molecular formula is C24H23N3O4S. The van der Waals surface area contributed by atoms with Crippen molar-refractivity contribution < 1.29 is 19.4 Å². The van der Waals surface area contributed by atoms with Crippen LogP contribution >= 0.6 is 12.2 Å². The van der Waals surface area contributed by atoms with Crippen LogP contribution < -0.4 is 4.74 Å². The van der Waals surface area contributed by atoms with Crippen LogP contribution in [-0.2, 0) is 17.9 Å². The summed E-state index contributed by atoms with van der Waals surface area (Å²) in [6.45, 7) is 1.29. The molecule has 2 aliphatic heterocycles. The number of ketones is 1. The van der Waals surface area contributed by atoms with Crippen LogP contribution in [0.4, 0.5) is 0 Å². The van der Waals surface area contributed by atoms with Crippen LogP contribution in [0.25, 0.3) is 10.9 Å². The molecule has 2 bridgehead atoms. The third-order valence-electron chi connectivity index (χ3n) is 6.46. The average molecular weight is 450 g/mol. The summed E-state index contributed by atoms with van der Waals surface area (Å²) in [7, 11) is 3.38. The molecule has 1 aromatic heterocycles. The molecule has 32 heavy (non-hydrogen) atoms. The SMILES string of the molecule is COc1ccc2c(c1)c1c(n2Cc2ccc(C(=O)CO)cc2)CN2CC1C(=O)N(C)C2=S. The Hall–Kier alpha value is -3.23. The number of aromatic nitrogens is 1. The Bertz CT molecular complexity index is 1260. The van der Waals surface area contributed by atoms with E-state index < -0.39 is 6.61 Å². The number of amides is 1. The van der Waals surface area contributed by atoms with Crippen molar-refractivity contribution >= 4 is 39.9 Å². The van der Waals surface area contributed by atoms with Crippen molar-refractivity contribution in [2.45, 2.75) is 19.0 Å². The highest BCUT2D eigenvalue weighted by Crippen LogP contribution is 2.41. The molecule has 3 aromatic rings. The van der Waals surface area contributed by atoms with Crippen LogP contribution in [0.15, 0.2) is 42.5 Å². The number of aliphatic hydroxyl groups excluding tert-OH is 1. The number of ether oxygens (including phenoxy) is 1. The van der Waals surface area contributed by atoms with Gasteiger partial charge in [-0.1, -0.05) is 24.3 Å². The molecular weight excluding hydrogens is 426 g/mol. The van der Waals surface area contributed by atoms with Crippen LogP contribution in [-0.4, -0.2) is 63.6 Å². The smallest absolute Gasteiger partial charge is 0.237 e. The Balaban J connectivity index is 1.65. The van der Waals surface area contributed by atoms with Gasteiger partial charge in [0.15, 0.2) is 10.9 Å². The van der Waals surface area contributed by atoms with Crippen molar-refractivity contribution in [3.63, 3.8) is 0 Å². The summed E-state index contributed by atoms with van der Waals surface area (Å²) >= 11 is 5.53. The zero-order valence-electron chi connectivity index (χ0n) is 17.9. The van der Waals surface area contributed by atoms with E-state index in [1.54, 1.807) is 31.2 Å². The number of hydrogen-bond acceptors (Lipinski definition) is 5. The first-order chi connectivity index (χ1) is 15.4. The van der Waals surface area contributed by atoms with E-state index in [2.05, 4.69) is 9.47 Å². The van der Waals surface area contributed by atoms with E-state index in [-0.39, 0.29) is 17.6 Å². The predicted molar refractivity (Wildman–Crippen MR) is 124 cm³/mol. The maximum absolute atomic E-state index is 13.1. The highest BCUT2D eigenvalue weighted by Gasteiger charge is 2.43. The Kier molecular flexibility index (Phi) is 4.98. The monoisotopic (exact) mass is 449 g/mol. The number of rotatable bonds is 5. The van der Waals surface area contributed by atoms with Gasteiger partial charge in [0.1, 0.15) is 12.4 Å². The second kappa shape index (κ2) is 7.72. The second-order valence-electron chi connectivity index (χ2n) is 8.22. The molecule has 2 aromatic carbocycles. The summed E-state index contributed by atoms with van der Waals surface area (Å²) in [5.74, 6) is 0.180. The molecule has 7 nitrogen and oxygen atoms in total. The van der Waals surface area contributed by atoms with Crippen molar-refractivity contribution in [2.75, 3.05) is 27.3 Å². The van der Waals surface area contributed by atoms with Gasteiger partial charge in [0.25, 0.3) is 0 Å². The molecule has 8 heteroatoms. The summed E-state index contributed by atoms with van der Waals surface area (Å²) < 4.78 is 7.70. The van der Waals surface area contributed by atoms with E-state index in [9.17, 15) is 9.59 Å². The quantitative estimate of drug-likeness (QED) is 0.477. The summed E-state index contributed by atoms with van der Waals surface area (Å²) in [6, 6.07) is 13.2. The lowest BCUT2D eigenvalue weighted by Crippen LogP contribution is -2.56. The first kappa shape index (κ1) is 20.7. The highest BCUT2D eigenvalue weighted by molar-refractivity contribution is 7.80. The summed E-state index contributed by atoms with van der Waals surface area (Å²) in [4.78, 5) is 28.5. The topological polar surface area (TPSA) is 75.0 Å². The van der Waals surface area contributed by atoms with Crippen molar-refractivity contribution in [3.8, 4) is 5.75 Å². The molecule has 1 unspecified atom stereocenters. The average Bonchev–Trinajstić information content (AvgIpc) is 3.13. The minimum absolute atomic E-state index is 0.0148. The summed E-state index contributed by atoms with van der Waals surface area (Å²) in [5, 5.41) is 10.7. The van der Waals surface area contributed by atoms with Gasteiger partial charge in [-0.25, -0.2) is 0 Å². The van der Waals surface area contributed by atoms with Crippen molar-refractivity contribution in [2.24, 2.45) is 0 Å². The fraction of sp³-hybridized carbons (Fsp3) is 0.292. The Labute approximate surface area is 190 Å². The van der Waals surface area contributed by atoms with E-state index in [4.69, 9.17) is 22.1 Å². The minimum atomic E-state index is -0.503. The Morgan fingerprint density at radius 1 is 1.22 bits per heavy atom. The molecule has 0 saturated carbocycles. The molecule has 0 aliphatic carbocycles. The van der Waals surface area contributed by atoms with Gasteiger partial charge in [0, 0.05) is 42.3 Å². The van der Waals surface area contributed by atoms with Gasteiger partial charge in [-0.15, -0.1) is 0 Å². The number of thiocarbonyl (C=S) groups is 1.